The number of carbonyl (C=O) groups excluding carboxylic acids is 2. The van der Waals surface area contributed by atoms with Crippen LogP contribution in [0.25, 0.3) is 0 Å². The Morgan fingerprint density at radius 3 is 2.93 bits per heavy atom. The summed E-state index contributed by atoms with van der Waals surface area (Å²) in [5.74, 6) is 2.33. The summed E-state index contributed by atoms with van der Waals surface area (Å²) in [5, 5.41) is 7.07. The van der Waals surface area contributed by atoms with Crippen molar-refractivity contribution in [2.75, 3.05) is 13.1 Å². The topological polar surface area (TPSA) is 62.6 Å². The molecule has 2 amide bonds. The minimum atomic E-state index is 0.0463. The molecule has 5 nitrogen and oxygen atoms in total. The summed E-state index contributed by atoms with van der Waals surface area (Å²) in [4.78, 5) is 26.6. The third-order valence-corrected chi connectivity index (χ3v) is 5.85. The first kappa shape index (κ1) is 19.7. The number of likely N-dealkylation sites (tertiary alicyclic amines) is 1. The van der Waals surface area contributed by atoms with Gasteiger partial charge in [-0.05, 0) is 73.0 Å². The molecule has 2 aromatic heterocycles. The zero-order valence-electron chi connectivity index (χ0n) is 15.9. The number of rotatable bonds is 8. The molecular formula is C21H28N2O3S. The van der Waals surface area contributed by atoms with E-state index in [-0.39, 0.29) is 11.8 Å². The standard InChI is InChI=1S/C21H28N2O3S/c1-16-4-7-19(26-16)13-22-20(24)8-5-17-3-2-11-23(14-17)21(25)9-6-18-10-12-27-15-18/h4,7,10,12,15,17H,2-3,5-6,8-9,11,13-14H2,1H3,(H,22,24)/t17-/m0/s1. The van der Waals surface area contributed by atoms with Crippen LogP contribution in [0.5, 0.6) is 0 Å². The van der Waals surface area contributed by atoms with Crippen LogP contribution >= 0.6 is 11.3 Å². The van der Waals surface area contributed by atoms with Gasteiger partial charge in [-0.3, -0.25) is 9.59 Å². The van der Waals surface area contributed by atoms with Gasteiger partial charge in [0, 0.05) is 25.9 Å². The highest BCUT2D eigenvalue weighted by atomic mass is 32.1. The molecule has 0 spiro atoms. The van der Waals surface area contributed by atoms with Crippen molar-refractivity contribution in [2.45, 2.75) is 52.0 Å². The molecule has 1 N–H and O–H groups in total. The Kier molecular flexibility index (Phi) is 7.10. The van der Waals surface area contributed by atoms with Crippen molar-refractivity contribution in [3.05, 3.63) is 46.0 Å². The highest BCUT2D eigenvalue weighted by Gasteiger charge is 2.23. The largest absolute Gasteiger partial charge is 0.465 e. The number of hydrogen-bond acceptors (Lipinski definition) is 4. The minimum Gasteiger partial charge on any atom is -0.465 e. The number of nitrogens with one attached hydrogen (secondary N) is 1. The lowest BCUT2D eigenvalue weighted by molar-refractivity contribution is -0.133. The average Bonchev–Trinajstić information content (AvgIpc) is 3.34. The number of thiophene rings is 1. The quantitative estimate of drug-likeness (QED) is 0.746. The molecule has 1 aliphatic rings. The Balaban J connectivity index is 1.36. The number of aryl methyl sites for hydroxylation is 2. The Bertz CT molecular complexity index is 738. The third kappa shape index (κ3) is 6.24. The Morgan fingerprint density at radius 2 is 2.19 bits per heavy atom. The number of hydrogen-bond donors (Lipinski definition) is 1. The van der Waals surface area contributed by atoms with Crippen molar-refractivity contribution < 1.29 is 14.0 Å². The second kappa shape index (κ2) is 9.74. The molecule has 3 heterocycles. The number of carbonyl (C=O) groups is 2. The maximum absolute atomic E-state index is 12.5. The third-order valence-electron chi connectivity index (χ3n) is 5.11. The lowest BCUT2D eigenvalue weighted by Crippen LogP contribution is -2.40. The second-order valence-electron chi connectivity index (χ2n) is 7.31. The molecule has 3 rings (SSSR count). The van der Waals surface area contributed by atoms with E-state index in [4.69, 9.17) is 4.42 Å². The van der Waals surface area contributed by atoms with Crippen LogP contribution in [-0.4, -0.2) is 29.8 Å². The molecular weight excluding hydrogens is 360 g/mol. The van der Waals surface area contributed by atoms with Gasteiger partial charge in [0.15, 0.2) is 0 Å². The SMILES string of the molecule is Cc1ccc(CNC(=O)CC[C@@H]2CCCN(C(=O)CCc3ccsc3)C2)o1. The molecule has 1 fully saturated rings. The number of amides is 2. The fourth-order valence-electron chi connectivity index (χ4n) is 3.56. The molecule has 1 atom stereocenters. The van der Waals surface area contributed by atoms with E-state index < -0.39 is 0 Å². The summed E-state index contributed by atoms with van der Waals surface area (Å²) in [7, 11) is 0. The van der Waals surface area contributed by atoms with Crippen molar-refractivity contribution in [3.8, 4) is 0 Å². The monoisotopic (exact) mass is 388 g/mol. The maximum Gasteiger partial charge on any atom is 0.222 e. The summed E-state index contributed by atoms with van der Waals surface area (Å²) < 4.78 is 5.46. The first-order chi connectivity index (χ1) is 13.1. The van der Waals surface area contributed by atoms with E-state index in [9.17, 15) is 9.59 Å². The van der Waals surface area contributed by atoms with Gasteiger partial charge in [-0.1, -0.05) is 0 Å². The van der Waals surface area contributed by atoms with Gasteiger partial charge >= 0.3 is 0 Å². The summed E-state index contributed by atoms with van der Waals surface area (Å²) in [6.45, 7) is 3.96. The molecule has 2 aromatic rings. The van der Waals surface area contributed by atoms with Crippen molar-refractivity contribution in [3.63, 3.8) is 0 Å². The second-order valence-corrected chi connectivity index (χ2v) is 8.09. The van der Waals surface area contributed by atoms with Gasteiger partial charge in [0.05, 0.1) is 6.54 Å². The minimum absolute atomic E-state index is 0.0463. The first-order valence-corrected chi connectivity index (χ1v) is 10.7. The van der Waals surface area contributed by atoms with E-state index in [1.807, 2.05) is 24.0 Å². The number of piperidine rings is 1. The molecule has 0 aliphatic carbocycles. The Morgan fingerprint density at radius 1 is 1.30 bits per heavy atom. The van der Waals surface area contributed by atoms with Crippen LogP contribution in [0.1, 0.15) is 49.2 Å². The van der Waals surface area contributed by atoms with Crippen LogP contribution < -0.4 is 5.32 Å². The predicted octanol–water partition coefficient (Wildman–Crippen LogP) is 3.92. The van der Waals surface area contributed by atoms with Gasteiger partial charge in [0.25, 0.3) is 0 Å². The smallest absolute Gasteiger partial charge is 0.222 e. The van der Waals surface area contributed by atoms with Gasteiger partial charge in [-0.2, -0.15) is 11.3 Å². The van der Waals surface area contributed by atoms with Crippen LogP contribution in [0.15, 0.2) is 33.4 Å². The lowest BCUT2D eigenvalue weighted by Gasteiger charge is -2.33. The molecule has 27 heavy (non-hydrogen) atoms. The highest BCUT2D eigenvalue weighted by molar-refractivity contribution is 7.07. The highest BCUT2D eigenvalue weighted by Crippen LogP contribution is 2.22. The van der Waals surface area contributed by atoms with Gasteiger partial charge < -0.3 is 14.6 Å². The van der Waals surface area contributed by atoms with Crippen LogP contribution in [0.4, 0.5) is 0 Å². The van der Waals surface area contributed by atoms with E-state index in [2.05, 4.69) is 22.1 Å². The Hall–Kier alpha value is -2.08. The molecule has 146 valence electrons. The van der Waals surface area contributed by atoms with Crippen LogP contribution in [-0.2, 0) is 22.6 Å². The lowest BCUT2D eigenvalue weighted by atomic mass is 9.93. The van der Waals surface area contributed by atoms with Crippen LogP contribution in [0.2, 0.25) is 0 Å². The van der Waals surface area contributed by atoms with Crippen molar-refractivity contribution in [2.24, 2.45) is 5.92 Å². The fraction of sp³-hybridized carbons (Fsp3) is 0.524. The Labute approximate surface area is 164 Å². The van der Waals surface area contributed by atoms with E-state index >= 15 is 0 Å². The normalized spacial score (nSPS) is 17.1. The fourth-order valence-corrected chi connectivity index (χ4v) is 4.26. The summed E-state index contributed by atoms with van der Waals surface area (Å²) in [5.41, 5.74) is 1.24. The molecule has 1 aliphatic heterocycles. The summed E-state index contributed by atoms with van der Waals surface area (Å²) in [6.07, 6.45) is 4.85. The van der Waals surface area contributed by atoms with Gasteiger partial charge in [-0.15, -0.1) is 0 Å². The van der Waals surface area contributed by atoms with Crippen molar-refractivity contribution in [1.29, 1.82) is 0 Å². The van der Waals surface area contributed by atoms with Crippen molar-refractivity contribution in [1.82, 2.24) is 10.2 Å². The molecule has 1 saturated heterocycles. The van der Waals surface area contributed by atoms with E-state index in [0.717, 1.165) is 50.3 Å². The molecule has 0 bridgehead atoms. The zero-order chi connectivity index (χ0) is 19.1. The number of nitrogens with zero attached hydrogens (tertiary/aromatic N) is 1. The van der Waals surface area contributed by atoms with E-state index in [1.165, 1.54) is 5.56 Å². The first-order valence-electron chi connectivity index (χ1n) is 9.71. The molecule has 0 unspecified atom stereocenters. The van der Waals surface area contributed by atoms with E-state index in [0.29, 0.717) is 25.3 Å². The molecule has 0 saturated carbocycles. The van der Waals surface area contributed by atoms with Gasteiger partial charge in [-0.25, -0.2) is 0 Å². The van der Waals surface area contributed by atoms with Gasteiger partial charge in [0.2, 0.25) is 11.8 Å². The predicted molar refractivity (Wildman–Crippen MR) is 106 cm³/mol. The average molecular weight is 389 g/mol. The zero-order valence-corrected chi connectivity index (χ0v) is 16.7. The van der Waals surface area contributed by atoms with Crippen molar-refractivity contribution >= 4 is 23.2 Å². The van der Waals surface area contributed by atoms with E-state index in [1.54, 1.807) is 11.3 Å². The van der Waals surface area contributed by atoms with Gasteiger partial charge in [0.1, 0.15) is 11.5 Å². The molecule has 0 aromatic carbocycles. The molecule has 0 radical (unpaired) electrons. The maximum atomic E-state index is 12.5. The summed E-state index contributed by atoms with van der Waals surface area (Å²) in [6, 6.07) is 5.86. The summed E-state index contributed by atoms with van der Waals surface area (Å²) >= 11 is 1.67. The number of furan rings is 1. The van der Waals surface area contributed by atoms with Crippen LogP contribution in [0, 0.1) is 12.8 Å². The van der Waals surface area contributed by atoms with Crippen LogP contribution in [0.3, 0.4) is 0 Å². The molecule has 6 heteroatoms.